The van der Waals surface area contributed by atoms with Gasteiger partial charge in [0.2, 0.25) is 23.5 Å². The Morgan fingerprint density at radius 1 is 1.08 bits per heavy atom. The highest BCUT2D eigenvalue weighted by Gasteiger charge is 2.44. The van der Waals surface area contributed by atoms with E-state index in [0.717, 1.165) is 51.5 Å². The Hall–Kier alpha value is -3.11. The Balaban J connectivity index is 1.42. The minimum Gasteiger partial charge on any atom is -0.446 e. The molecule has 3 aliphatic rings. The lowest BCUT2D eigenvalue weighted by Crippen LogP contribution is -2.60. The van der Waals surface area contributed by atoms with E-state index in [9.17, 15) is 18.8 Å². The zero-order valence-corrected chi connectivity index (χ0v) is 20.9. The Bertz CT molecular complexity index is 1130. The van der Waals surface area contributed by atoms with Gasteiger partial charge < -0.3 is 20.4 Å². The van der Waals surface area contributed by atoms with E-state index in [1.165, 1.54) is 30.5 Å². The summed E-state index contributed by atoms with van der Waals surface area (Å²) in [6.45, 7) is 1.81. The average molecular weight is 512 g/mol. The summed E-state index contributed by atoms with van der Waals surface area (Å²) in [7, 11) is 0. The van der Waals surface area contributed by atoms with E-state index in [4.69, 9.17) is 10.2 Å². The molecule has 37 heavy (non-hydrogen) atoms. The third-order valence-corrected chi connectivity index (χ3v) is 8.01. The normalized spacial score (nSPS) is 23.5. The number of amides is 2. The molecule has 0 bridgehead atoms. The predicted octanol–water partition coefficient (Wildman–Crippen LogP) is 2.42. The lowest BCUT2D eigenvalue weighted by Gasteiger charge is -2.44. The van der Waals surface area contributed by atoms with Gasteiger partial charge in [-0.3, -0.25) is 19.3 Å². The number of hydrogen-bond donors (Lipinski definition) is 2. The lowest BCUT2D eigenvalue weighted by molar-refractivity contribution is -0.144. The number of benzene rings is 1. The zero-order valence-electron chi connectivity index (χ0n) is 20.9. The topological polar surface area (TPSA) is 122 Å². The van der Waals surface area contributed by atoms with Crippen molar-refractivity contribution in [1.29, 1.82) is 0 Å². The van der Waals surface area contributed by atoms with Crippen LogP contribution in [-0.4, -0.2) is 70.6 Å². The second-order valence-corrected chi connectivity index (χ2v) is 10.4. The maximum Gasteiger partial charge on any atom is 0.246 e. The van der Waals surface area contributed by atoms with Gasteiger partial charge in [-0.2, -0.15) is 0 Å². The third-order valence-electron chi connectivity index (χ3n) is 8.01. The van der Waals surface area contributed by atoms with Gasteiger partial charge in [0, 0.05) is 24.7 Å². The molecule has 198 valence electrons. The van der Waals surface area contributed by atoms with Gasteiger partial charge in [-0.05, 0) is 62.4 Å². The highest BCUT2D eigenvalue weighted by molar-refractivity contribution is 6.07. The molecule has 3 atom stereocenters. The molecule has 1 aliphatic carbocycles. The van der Waals surface area contributed by atoms with Crippen LogP contribution in [0.4, 0.5) is 4.39 Å². The third kappa shape index (κ3) is 5.45. The largest absolute Gasteiger partial charge is 0.446 e. The number of nitrogens with one attached hydrogen (secondary N) is 1. The molecule has 3 N–H and O–H groups in total. The van der Waals surface area contributed by atoms with Crippen molar-refractivity contribution in [3.8, 4) is 0 Å². The molecular formula is C27H34FN5O4. The molecule has 1 aromatic carbocycles. The summed E-state index contributed by atoms with van der Waals surface area (Å²) < 4.78 is 19.1. The number of ketones is 1. The summed E-state index contributed by atoms with van der Waals surface area (Å²) in [5, 5.41) is 2.91. The molecule has 2 aromatic rings. The number of carbonyl (C=O) groups is 3. The summed E-state index contributed by atoms with van der Waals surface area (Å²) in [6.07, 6.45) is 8.30. The van der Waals surface area contributed by atoms with Crippen molar-refractivity contribution in [3.05, 3.63) is 53.5 Å². The summed E-state index contributed by atoms with van der Waals surface area (Å²) >= 11 is 0. The Morgan fingerprint density at radius 3 is 2.57 bits per heavy atom. The van der Waals surface area contributed by atoms with Crippen LogP contribution in [0.5, 0.6) is 0 Å². The molecule has 0 spiro atoms. The molecular weight excluding hydrogens is 477 g/mol. The van der Waals surface area contributed by atoms with Crippen molar-refractivity contribution in [2.75, 3.05) is 26.2 Å². The number of carbonyl (C=O) groups excluding carboxylic acids is 3. The summed E-state index contributed by atoms with van der Waals surface area (Å²) in [5.41, 5.74) is 6.00. The number of nitrogens with two attached hydrogens (primary N) is 1. The van der Waals surface area contributed by atoms with E-state index >= 15 is 0 Å². The molecule has 5 rings (SSSR count). The first-order chi connectivity index (χ1) is 17.9. The van der Waals surface area contributed by atoms with Crippen LogP contribution in [0, 0.1) is 11.7 Å². The van der Waals surface area contributed by atoms with E-state index in [0.29, 0.717) is 18.7 Å². The number of oxazole rings is 1. The molecule has 3 heterocycles. The van der Waals surface area contributed by atoms with Crippen LogP contribution in [0.2, 0.25) is 0 Å². The monoisotopic (exact) mass is 511 g/mol. The molecule has 3 fully saturated rings. The van der Waals surface area contributed by atoms with Crippen LogP contribution in [0.1, 0.15) is 72.9 Å². The number of rotatable bonds is 7. The van der Waals surface area contributed by atoms with Gasteiger partial charge in [0.05, 0.1) is 6.54 Å². The molecule has 2 aliphatic heterocycles. The first kappa shape index (κ1) is 25.5. The van der Waals surface area contributed by atoms with Crippen molar-refractivity contribution >= 4 is 17.6 Å². The Kier molecular flexibility index (Phi) is 7.66. The summed E-state index contributed by atoms with van der Waals surface area (Å²) in [4.78, 5) is 48.0. The molecule has 10 heteroatoms. The number of fused-ring (bicyclic) bond motifs is 1. The fourth-order valence-corrected chi connectivity index (χ4v) is 6.03. The zero-order chi connectivity index (χ0) is 25.9. The van der Waals surface area contributed by atoms with E-state index in [1.807, 2.05) is 0 Å². The minimum absolute atomic E-state index is 0.0548. The highest BCUT2D eigenvalue weighted by atomic mass is 19.1. The van der Waals surface area contributed by atoms with Crippen LogP contribution in [0.3, 0.4) is 0 Å². The summed E-state index contributed by atoms with van der Waals surface area (Å²) in [5.74, 6) is -0.949. The van der Waals surface area contributed by atoms with Crippen molar-refractivity contribution in [2.24, 2.45) is 11.7 Å². The van der Waals surface area contributed by atoms with Crippen molar-refractivity contribution in [2.45, 2.75) is 63.1 Å². The molecule has 1 aromatic heterocycles. The van der Waals surface area contributed by atoms with Crippen LogP contribution in [-0.2, 0) is 9.59 Å². The number of nitrogens with zero attached hydrogens (tertiary/aromatic N) is 3. The van der Waals surface area contributed by atoms with Gasteiger partial charge in [0.1, 0.15) is 29.9 Å². The van der Waals surface area contributed by atoms with E-state index < -0.39 is 17.9 Å². The SMILES string of the molecule is NCC(=O)NC(C(=O)N1CC2CCCN2CC1c1nc(C(=O)c2ccc(F)cc2)co1)C1CCCCC1. The smallest absolute Gasteiger partial charge is 0.246 e. The highest BCUT2D eigenvalue weighted by Crippen LogP contribution is 2.35. The molecule has 3 unspecified atom stereocenters. The fourth-order valence-electron chi connectivity index (χ4n) is 6.03. The maximum atomic E-state index is 14.1. The Morgan fingerprint density at radius 2 is 1.84 bits per heavy atom. The number of aromatic nitrogens is 1. The van der Waals surface area contributed by atoms with Crippen LogP contribution >= 0.6 is 0 Å². The molecule has 2 amide bonds. The summed E-state index contributed by atoms with van der Waals surface area (Å²) in [6, 6.07) is 4.37. The van der Waals surface area contributed by atoms with E-state index in [-0.39, 0.29) is 47.7 Å². The van der Waals surface area contributed by atoms with Crippen molar-refractivity contribution in [3.63, 3.8) is 0 Å². The van der Waals surface area contributed by atoms with Gasteiger partial charge in [0.25, 0.3) is 0 Å². The van der Waals surface area contributed by atoms with Crippen molar-refractivity contribution < 1.29 is 23.2 Å². The second kappa shape index (κ2) is 11.1. The first-order valence-corrected chi connectivity index (χ1v) is 13.2. The first-order valence-electron chi connectivity index (χ1n) is 13.2. The van der Waals surface area contributed by atoms with Crippen LogP contribution < -0.4 is 11.1 Å². The lowest BCUT2D eigenvalue weighted by atomic mass is 9.83. The Labute approximate surface area is 215 Å². The molecule has 1 saturated carbocycles. The van der Waals surface area contributed by atoms with Gasteiger partial charge in [-0.1, -0.05) is 19.3 Å². The standard InChI is InChI=1S/C27H34FN5O4/c28-19-10-8-18(9-11-19)25(35)21-16-37-26(30-21)22-15-32-12-4-7-20(32)14-33(22)27(36)24(31-23(34)13-29)17-5-2-1-3-6-17/h8-11,16-17,20,22,24H,1-7,12-15,29H2,(H,31,34). The van der Waals surface area contributed by atoms with Gasteiger partial charge in [-0.15, -0.1) is 0 Å². The number of hydrogen-bond acceptors (Lipinski definition) is 7. The maximum absolute atomic E-state index is 14.1. The average Bonchev–Trinajstić information content (AvgIpc) is 3.60. The van der Waals surface area contributed by atoms with Crippen molar-refractivity contribution in [1.82, 2.24) is 20.1 Å². The van der Waals surface area contributed by atoms with Crippen LogP contribution in [0.25, 0.3) is 0 Å². The van der Waals surface area contributed by atoms with Crippen LogP contribution in [0.15, 0.2) is 34.9 Å². The van der Waals surface area contributed by atoms with E-state index in [2.05, 4.69) is 15.2 Å². The minimum atomic E-state index is -0.651. The van der Waals surface area contributed by atoms with E-state index in [1.54, 1.807) is 4.90 Å². The van der Waals surface area contributed by atoms with Gasteiger partial charge in [-0.25, -0.2) is 9.37 Å². The number of halogens is 1. The fraction of sp³-hybridized carbons (Fsp3) is 0.556. The predicted molar refractivity (Wildman–Crippen MR) is 133 cm³/mol. The number of piperazine rings is 1. The molecule has 9 nitrogen and oxygen atoms in total. The quantitative estimate of drug-likeness (QED) is 0.548. The second-order valence-electron chi connectivity index (χ2n) is 10.4. The van der Waals surface area contributed by atoms with Gasteiger partial charge >= 0.3 is 0 Å². The van der Waals surface area contributed by atoms with Gasteiger partial charge in [0.15, 0.2) is 0 Å². The molecule has 0 radical (unpaired) electrons. The molecule has 2 saturated heterocycles.